The highest BCUT2D eigenvalue weighted by Gasteiger charge is 2.27. The number of benzene rings is 1. The van der Waals surface area contributed by atoms with Crippen LogP contribution in [0, 0.1) is 11.8 Å². The maximum Gasteiger partial charge on any atom is 0.257 e. The third-order valence-corrected chi connectivity index (χ3v) is 3.67. The SMILES string of the molecule is CN1Cc2c(C#CCO)ncn2-c2cccc(Cl)c2C1=O. The molecule has 1 aromatic heterocycles. The summed E-state index contributed by atoms with van der Waals surface area (Å²) in [6.45, 7) is 0.142. The normalized spacial score (nSPS) is 13.1. The summed E-state index contributed by atoms with van der Waals surface area (Å²) in [4.78, 5) is 18.3. The second-order valence-electron chi connectivity index (χ2n) is 4.66. The van der Waals surface area contributed by atoms with Gasteiger partial charge in [-0.1, -0.05) is 23.6 Å². The summed E-state index contributed by atoms with van der Waals surface area (Å²) in [7, 11) is 1.71. The molecule has 1 N–H and O–H groups in total. The van der Waals surface area contributed by atoms with Crippen molar-refractivity contribution in [2.45, 2.75) is 6.54 Å². The lowest BCUT2D eigenvalue weighted by Crippen LogP contribution is -2.25. The van der Waals surface area contributed by atoms with Gasteiger partial charge < -0.3 is 10.0 Å². The van der Waals surface area contributed by atoms with E-state index in [0.717, 1.165) is 5.69 Å². The van der Waals surface area contributed by atoms with E-state index in [9.17, 15) is 4.79 Å². The number of fused-ring (bicyclic) bond motifs is 3. The number of rotatable bonds is 0. The minimum atomic E-state index is -0.233. The highest BCUT2D eigenvalue weighted by Crippen LogP contribution is 2.29. The number of carbonyl (C=O) groups excluding carboxylic acids is 1. The molecule has 5 nitrogen and oxygen atoms in total. The first-order chi connectivity index (χ1) is 10.1. The van der Waals surface area contributed by atoms with Crippen molar-refractivity contribution < 1.29 is 9.90 Å². The molecule has 106 valence electrons. The number of nitrogens with zero attached hydrogens (tertiary/aromatic N) is 3. The Morgan fingerprint density at radius 1 is 1.48 bits per heavy atom. The van der Waals surface area contributed by atoms with Gasteiger partial charge in [-0.15, -0.1) is 0 Å². The molecule has 0 saturated heterocycles. The summed E-state index contributed by atoms with van der Waals surface area (Å²) in [5.74, 6) is 5.25. The van der Waals surface area contributed by atoms with Crippen molar-refractivity contribution in [3.63, 3.8) is 0 Å². The lowest BCUT2D eigenvalue weighted by Gasteiger charge is -2.14. The van der Waals surface area contributed by atoms with E-state index in [4.69, 9.17) is 16.7 Å². The van der Waals surface area contributed by atoms with Gasteiger partial charge >= 0.3 is 0 Å². The molecule has 0 saturated carbocycles. The van der Waals surface area contributed by atoms with Crippen molar-refractivity contribution in [1.29, 1.82) is 0 Å². The summed E-state index contributed by atoms with van der Waals surface area (Å²) < 4.78 is 1.82. The summed E-state index contributed by atoms with van der Waals surface area (Å²) in [5, 5.41) is 9.23. The van der Waals surface area contributed by atoms with Crippen LogP contribution in [0.5, 0.6) is 0 Å². The van der Waals surface area contributed by atoms with Crippen molar-refractivity contribution in [2.24, 2.45) is 0 Å². The number of amides is 1. The van der Waals surface area contributed by atoms with Crippen LogP contribution >= 0.6 is 11.6 Å². The molecule has 21 heavy (non-hydrogen) atoms. The van der Waals surface area contributed by atoms with Gasteiger partial charge in [0, 0.05) is 7.05 Å². The quantitative estimate of drug-likeness (QED) is 0.749. The predicted molar refractivity (Wildman–Crippen MR) is 78.3 cm³/mol. The van der Waals surface area contributed by atoms with Crippen LogP contribution < -0.4 is 0 Å². The molecule has 0 unspecified atom stereocenters. The van der Waals surface area contributed by atoms with Crippen molar-refractivity contribution in [3.8, 4) is 17.5 Å². The molecule has 2 heterocycles. The van der Waals surface area contributed by atoms with Crippen LogP contribution in [0.15, 0.2) is 24.5 Å². The Labute approximate surface area is 126 Å². The number of aliphatic hydroxyl groups is 1. The summed E-state index contributed by atoms with van der Waals surface area (Å²) in [6, 6.07) is 5.32. The Morgan fingerprint density at radius 2 is 2.29 bits per heavy atom. The molecular formula is C15H12ClN3O2. The third kappa shape index (κ3) is 2.19. The molecule has 0 fully saturated rings. The first-order valence-corrected chi connectivity index (χ1v) is 6.71. The van der Waals surface area contributed by atoms with Gasteiger partial charge in [0.05, 0.1) is 28.5 Å². The Kier molecular flexibility index (Phi) is 3.42. The Morgan fingerprint density at radius 3 is 3.05 bits per heavy atom. The van der Waals surface area contributed by atoms with Crippen LogP contribution in [-0.4, -0.2) is 39.1 Å². The highest BCUT2D eigenvalue weighted by molar-refractivity contribution is 6.34. The molecule has 0 atom stereocenters. The van der Waals surface area contributed by atoms with E-state index in [1.807, 2.05) is 10.6 Å². The van der Waals surface area contributed by atoms with Gasteiger partial charge in [-0.3, -0.25) is 9.36 Å². The predicted octanol–water partition coefficient (Wildman–Crippen LogP) is 1.46. The number of carbonyl (C=O) groups is 1. The molecule has 1 amide bonds. The second-order valence-corrected chi connectivity index (χ2v) is 5.07. The number of halogens is 1. The minimum Gasteiger partial charge on any atom is -0.384 e. The fourth-order valence-corrected chi connectivity index (χ4v) is 2.62. The molecular weight excluding hydrogens is 290 g/mol. The van der Waals surface area contributed by atoms with E-state index in [0.29, 0.717) is 28.5 Å². The topological polar surface area (TPSA) is 58.4 Å². The number of hydrogen-bond donors (Lipinski definition) is 1. The van der Waals surface area contributed by atoms with Gasteiger partial charge in [0.2, 0.25) is 0 Å². The van der Waals surface area contributed by atoms with Crippen molar-refractivity contribution in [2.75, 3.05) is 13.7 Å². The zero-order valence-corrected chi connectivity index (χ0v) is 12.1. The fourth-order valence-electron chi connectivity index (χ4n) is 2.37. The summed E-state index contributed by atoms with van der Waals surface area (Å²) in [5.41, 5.74) is 2.50. The van der Waals surface area contributed by atoms with Crippen LogP contribution in [0.4, 0.5) is 0 Å². The molecule has 1 aliphatic heterocycles. The Balaban J connectivity index is 2.27. The molecule has 6 heteroatoms. The van der Waals surface area contributed by atoms with Gasteiger partial charge in [-0.25, -0.2) is 4.98 Å². The molecule has 3 rings (SSSR count). The molecule has 0 radical (unpaired) electrons. The van der Waals surface area contributed by atoms with E-state index in [-0.39, 0.29) is 12.5 Å². The number of aliphatic hydroxyl groups excluding tert-OH is 1. The van der Waals surface area contributed by atoms with Gasteiger partial charge in [-0.2, -0.15) is 0 Å². The van der Waals surface area contributed by atoms with Gasteiger partial charge in [-0.05, 0) is 18.1 Å². The van der Waals surface area contributed by atoms with Crippen LogP contribution in [-0.2, 0) is 6.54 Å². The Hall–Kier alpha value is -2.29. The van der Waals surface area contributed by atoms with E-state index in [1.54, 1.807) is 30.4 Å². The van der Waals surface area contributed by atoms with Crippen LogP contribution in [0.3, 0.4) is 0 Å². The third-order valence-electron chi connectivity index (χ3n) is 3.35. The van der Waals surface area contributed by atoms with Crippen LogP contribution in [0.1, 0.15) is 21.7 Å². The lowest BCUT2D eigenvalue weighted by atomic mass is 10.1. The average molecular weight is 302 g/mol. The molecule has 0 aliphatic carbocycles. The van der Waals surface area contributed by atoms with E-state index >= 15 is 0 Å². The maximum atomic E-state index is 12.5. The highest BCUT2D eigenvalue weighted by atomic mass is 35.5. The van der Waals surface area contributed by atoms with Gasteiger partial charge in [0.15, 0.2) is 0 Å². The monoisotopic (exact) mass is 301 g/mol. The second kappa shape index (κ2) is 5.24. The van der Waals surface area contributed by atoms with E-state index in [2.05, 4.69) is 16.8 Å². The molecule has 0 spiro atoms. The number of hydrogen-bond acceptors (Lipinski definition) is 3. The molecule has 1 aromatic carbocycles. The molecule has 0 bridgehead atoms. The zero-order valence-electron chi connectivity index (χ0n) is 11.3. The summed E-state index contributed by atoms with van der Waals surface area (Å²) in [6.07, 6.45) is 1.62. The number of imidazole rings is 1. The molecule has 1 aliphatic rings. The standard InChI is InChI=1S/C15H12ClN3O2/c1-18-8-13-11(5-3-7-20)17-9-19(13)12-6-2-4-10(16)14(12)15(18)21/h2,4,6,9,20H,7-8H2,1H3. The van der Waals surface area contributed by atoms with Crippen molar-refractivity contribution in [1.82, 2.24) is 14.5 Å². The van der Waals surface area contributed by atoms with Crippen molar-refractivity contribution in [3.05, 3.63) is 46.5 Å². The van der Waals surface area contributed by atoms with Gasteiger partial charge in [0.1, 0.15) is 18.6 Å². The van der Waals surface area contributed by atoms with E-state index in [1.165, 1.54) is 0 Å². The fraction of sp³-hybridized carbons (Fsp3) is 0.200. The first-order valence-electron chi connectivity index (χ1n) is 6.33. The summed E-state index contributed by atoms with van der Waals surface area (Å²) >= 11 is 6.19. The largest absolute Gasteiger partial charge is 0.384 e. The first kappa shape index (κ1) is 13.7. The van der Waals surface area contributed by atoms with Crippen LogP contribution in [0.2, 0.25) is 5.02 Å². The smallest absolute Gasteiger partial charge is 0.257 e. The molecule has 2 aromatic rings. The van der Waals surface area contributed by atoms with Crippen molar-refractivity contribution >= 4 is 17.5 Å². The maximum absolute atomic E-state index is 12.5. The average Bonchev–Trinajstić information content (AvgIpc) is 2.82. The van der Waals surface area contributed by atoms with Gasteiger partial charge in [0.25, 0.3) is 5.91 Å². The Bertz CT molecular complexity index is 786. The number of aromatic nitrogens is 2. The van der Waals surface area contributed by atoms with Crippen LogP contribution in [0.25, 0.3) is 5.69 Å². The zero-order chi connectivity index (χ0) is 15.0. The lowest BCUT2D eigenvalue weighted by molar-refractivity contribution is 0.0788. The minimum absolute atomic E-state index is 0.139. The van der Waals surface area contributed by atoms with E-state index < -0.39 is 0 Å².